The molecular weight excluding hydrogens is 294 g/mol. The summed E-state index contributed by atoms with van der Waals surface area (Å²) in [4.78, 5) is 0. The second kappa shape index (κ2) is 6.55. The number of nitrogens with two attached hydrogens (primary N) is 1. The first-order chi connectivity index (χ1) is 8.69. The monoisotopic (exact) mass is 313 g/mol. The van der Waals surface area contributed by atoms with E-state index in [0.717, 1.165) is 29.5 Å². The number of hydrogen-bond acceptors (Lipinski definition) is 3. The molecule has 1 aliphatic rings. The first kappa shape index (κ1) is 13.8. The number of ether oxygens (including phenoxy) is 2. The summed E-state index contributed by atoms with van der Waals surface area (Å²) in [6.45, 7) is 3.40. The van der Waals surface area contributed by atoms with E-state index >= 15 is 0 Å². The van der Waals surface area contributed by atoms with Crippen molar-refractivity contribution in [3.8, 4) is 5.75 Å². The van der Waals surface area contributed by atoms with Gasteiger partial charge in [-0.15, -0.1) is 0 Å². The van der Waals surface area contributed by atoms with Crippen LogP contribution in [-0.4, -0.2) is 25.4 Å². The topological polar surface area (TPSA) is 44.5 Å². The highest BCUT2D eigenvalue weighted by Gasteiger charge is 2.22. The highest BCUT2D eigenvalue weighted by Crippen LogP contribution is 2.27. The van der Waals surface area contributed by atoms with Gasteiger partial charge in [0.25, 0.3) is 0 Å². The molecule has 3 nitrogen and oxygen atoms in total. The smallest absolute Gasteiger partial charge is 0.133 e. The van der Waals surface area contributed by atoms with Crippen molar-refractivity contribution in [1.29, 1.82) is 0 Å². The van der Waals surface area contributed by atoms with E-state index in [1.54, 1.807) is 0 Å². The van der Waals surface area contributed by atoms with Gasteiger partial charge >= 0.3 is 0 Å². The van der Waals surface area contributed by atoms with Crippen molar-refractivity contribution in [2.24, 2.45) is 5.73 Å². The molecule has 2 N–H and O–H groups in total. The number of hydrogen-bond donors (Lipinski definition) is 1. The summed E-state index contributed by atoms with van der Waals surface area (Å²) >= 11 is 3.53. The molecule has 1 heterocycles. The van der Waals surface area contributed by atoms with Gasteiger partial charge in [0.05, 0.1) is 16.7 Å². The van der Waals surface area contributed by atoms with Crippen LogP contribution in [-0.2, 0) is 11.2 Å². The van der Waals surface area contributed by atoms with Crippen molar-refractivity contribution in [1.82, 2.24) is 0 Å². The van der Waals surface area contributed by atoms with Crippen LogP contribution in [0.3, 0.4) is 0 Å². The summed E-state index contributed by atoms with van der Waals surface area (Å²) in [5.74, 6) is 0.874. The summed E-state index contributed by atoms with van der Waals surface area (Å²) < 4.78 is 12.5. The van der Waals surface area contributed by atoms with Crippen LogP contribution in [0.1, 0.15) is 25.3 Å². The molecule has 1 aromatic rings. The molecule has 0 amide bonds. The third-order valence-corrected chi connectivity index (χ3v) is 3.79. The van der Waals surface area contributed by atoms with Gasteiger partial charge in [-0.25, -0.2) is 0 Å². The standard InChI is InChI=1S/C14H20BrNO2/c1-10-2-4-12(18-10)9-17-14-5-3-11(6-7-16)8-13(14)15/h3,5,8,10,12H,2,4,6-7,9,16H2,1H3. The van der Waals surface area contributed by atoms with Crippen LogP contribution in [0.25, 0.3) is 0 Å². The molecule has 0 radical (unpaired) electrons. The van der Waals surface area contributed by atoms with Gasteiger partial charge < -0.3 is 15.2 Å². The minimum Gasteiger partial charge on any atom is -0.490 e. The van der Waals surface area contributed by atoms with Crippen molar-refractivity contribution in [2.45, 2.75) is 38.4 Å². The average molecular weight is 314 g/mol. The van der Waals surface area contributed by atoms with E-state index in [1.165, 1.54) is 5.56 Å². The number of halogens is 1. The zero-order valence-corrected chi connectivity index (χ0v) is 12.3. The Morgan fingerprint density at radius 3 is 2.89 bits per heavy atom. The van der Waals surface area contributed by atoms with Crippen LogP contribution in [0.2, 0.25) is 0 Å². The van der Waals surface area contributed by atoms with E-state index in [-0.39, 0.29) is 6.10 Å². The van der Waals surface area contributed by atoms with Gasteiger partial charge in [-0.2, -0.15) is 0 Å². The molecule has 2 unspecified atom stereocenters. The van der Waals surface area contributed by atoms with Crippen molar-refractivity contribution < 1.29 is 9.47 Å². The van der Waals surface area contributed by atoms with Crippen molar-refractivity contribution in [3.05, 3.63) is 28.2 Å². The maximum Gasteiger partial charge on any atom is 0.133 e. The van der Waals surface area contributed by atoms with Gasteiger partial charge in [0.2, 0.25) is 0 Å². The van der Waals surface area contributed by atoms with Gasteiger partial charge in [-0.3, -0.25) is 0 Å². The molecule has 0 aromatic heterocycles. The van der Waals surface area contributed by atoms with Crippen LogP contribution in [0.4, 0.5) is 0 Å². The van der Waals surface area contributed by atoms with Crippen LogP contribution in [0, 0.1) is 0 Å². The second-order valence-electron chi connectivity index (χ2n) is 4.76. The first-order valence-corrected chi connectivity index (χ1v) is 7.25. The lowest BCUT2D eigenvalue weighted by atomic mass is 10.1. The van der Waals surface area contributed by atoms with Crippen LogP contribution < -0.4 is 10.5 Å². The Hall–Kier alpha value is -0.580. The first-order valence-electron chi connectivity index (χ1n) is 6.46. The minimum atomic E-state index is 0.232. The Labute approximate surface area is 117 Å². The fraction of sp³-hybridized carbons (Fsp3) is 0.571. The third kappa shape index (κ3) is 3.70. The molecule has 2 atom stereocenters. The van der Waals surface area contributed by atoms with E-state index in [2.05, 4.69) is 35.0 Å². The lowest BCUT2D eigenvalue weighted by Gasteiger charge is -2.14. The predicted octanol–water partition coefficient (Wildman–Crippen LogP) is 2.90. The highest BCUT2D eigenvalue weighted by atomic mass is 79.9. The predicted molar refractivity (Wildman–Crippen MR) is 76.0 cm³/mol. The Bertz CT molecular complexity index is 397. The maximum absolute atomic E-state index is 5.80. The quantitative estimate of drug-likeness (QED) is 0.909. The fourth-order valence-corrected chi connectivity index (χ4v) is 2.71. The third-order valence-electron chi connectivity index (χ3n) is 3.17. The summed E-state index contributed by atoms with van der Waals surface area (Å²) in [5.41, 5.74) is 6.76. The van der Waals surface area contributed by atoms with Crippen LogP contribution in [0.5, 0.6) is 5.75 Å². The number of benzene rings is 1. The lowest BCUT2D eigenvalue weighted by molar-refractivity contribution is 0.0263. The molecule has 18 heavy (non-hydrogen) atoms. The molecule has 1 saturated heterocycles. The Morgan fingerprint density at radius 2 is 2.28 bits per heavy atom. The van der Waals surface area contributed by atoms with Gasteiger partial charge in [-0.1, -0.05) is 6.07 Å². The summed E-state index contributed by atoms with van der Waals surface area (Å²) in [7, 11) is 0. The normalized spacial score (nSPS) is 23.3. The van der Waals surface area contributed by atoms with Gasteiger partial charge in [-0.05, 0) is 66.4 Å². The average Bonchev–Trinajstić information content (AvgIpc) is 2.74. The molecule has 4 heteroatoms. The van der Waals surface area contributed by atoms with E-state index in [4.69, 9.17) is 15.2 Å². The molecule has 2 rings (SSSR count). The van der Waals surface area contributed by atoms with Crippen LogP contribution >= 0.6 is 15.9 Å². The largest absolute Gasteiger partial charge is 0.490 e. The van der Waals surface area contributed by atoms with Crippen molar-refractivity contribution >= 4 is 15.9 Å². The maximum atomic E-state index is 5.80. The van der Waals surface area contributed by atoms with Gasteiger partial charge in [0, 0.05) is 0 Å². The Morgan fingerprint density at radius 1 is 1.44 bits per heavy atom. The summed E-state index contributed by atoms with van der Waals surface area (Å²) in [6.07, 6.45) is 3.71. The molecule has 0 saturated carbocycles. The number of rotatable bonds is 5. The second-order valence-corrected chi connectivity index (χ2v) is 5.61. The van der Waals surface area contributed by atoms with Crippen molar-refractivity contribution in [2.75, 3.05) is 13.2 Å². The van der Waals surface area contributed by atoms with Gasteiger partial charge in [0.1, 0.15) is 12.4 Å². The lowest BCUT2D eigenvalue weighted by Crippen LogP contribution is -2.18. The van der Waals surface area contributed by atoms with Crippen molar-refractivity contribution in [3.63, 3.8) is 0 Å². The molecule has 0 aliphatic carbocycles. The van der Waals surface area contributed by atoms with Crippen LogP contribution in [0.15, 0.2) is 22.7 Å². The minimum absolute atomic E-state index is 0.232. The zero-order valence-electron chi connectivity index (χ0n) is 10.7. The molecule has 1 aromatic carbocycles. The summed E-state index contributed by atoms with van der Waals surface area (Å²) in [5, 5.41) is 0. The zero-order chi connectivity index (χ0) is 13.0. The van der Waals surface area contributed by atoms with E-state index in [9.17, 15) is 0 Å². The van der Waals surface area contributed by atoms with E-state index in [0.29, 0.717) is 19.3 Å². The Kier molecular flexibility index (Phi) is 5.03. The molecule has 0 spiro atoms. The Balaban J connectivity index is 1.89. The highest BCUT2D eigenvalue weighted by molar-refractivity contribution is 9.10. The van der Waals surface area contributed by atoms with Gasteiger partial charge in [0.15, 0.2) is 0 Å². The fourth-order valence-electron chi connectivity index (χ4n) is 2.17. The summed E-state index contributed by atoms with van der Waals surface area (Å²) in [6, 6.07) is 6.12. The SMILES string of the molecule is CC1CCC(COc2ccc(CCN)cc2Br)O1. The van der Waals surface area contributed by atoms with E-state index in [1.807, 2.05) is 6.07 Å². The van der Waals surface area contributed by atoms with E-state index < -0.39 is 0 Å². The molecule has 1 aliphatic heterocycles. The molecule has 100 valence electrons. The molecule has 0 bridgehead atoms. The molecular formula is C14H20BrNO2. The molecule has 1 fully saturated rings.